The summed E-state index contributed by atoms with van der Waals surface area (Å²) in [6, 6.07) is 12.7. The number of nitrogens with one attached hydrogen (secondary N) is 2. The van der Waals surface area contributed by atoms with E-state index in [0.717, 1.165) is 17.2 Å². The molecule has 1 aliphatic heterocycles. The summed E-state index contributed by atoms with van der Waals surface area (Å²) in [5, 5.41) is 5.04. The van der Waals surface area contributed by atoms with Crippen LogP contribution in [0.15, 0.2) is 53.5 Å². The summed E-state index contributed by atoms with van der Waals surface area (Å²) in [4.78, 5) is 28.4. The number of aliphatic imine (C=N–C) groups is 1. The Morgan fingerprint density at radius 3 is 2.71 bits per heavy atom. The van der Waals surface area contributed by atoms with Crippen molar-refractivity contribution in [1.82, 2.24) is 10.6 Å². The molecule has 2 amide bonds. The summed E-state index contributed by atoms with van der Waals surface area (Å²) < 4.78 is 13.2. The van der Waals surface area contributed by atoms with E-state index >= 15 is 0 Å². The Balaban J connectivity index is 1.80. The molecule has 0 saturated heterocycles. The van der Waals surface area contributed by atoms with E-state index in [4.69, 9.17) is 0 Å². The summed E-state index contributed by atoms with van der Waals surface area (Å²) in [6.45, 7) is 1.98. The number of rotatable bonds is 2. The fourth-order valence-electron chi connectivity index (χ4n) is 2.45. The Kier molecular flexibility index (Phi) is 4.37. The summed E-state index contributed by atoms with van der Waals surface area (Å²) in [5.74, 6) is -1.19. The first-order valence-electron chi connectivity index (χ1n) is 7.52. The maximum Gasteiger partial charge on any atom is 0.258 e. The average Bonchev–Trinajstić information content (AvgIpc) is 2.55. The molecular weight excluding hydrogens is 309 g/mol. The first kappa shape index (κ1) is 15.9. The zero-order valence-electron chi connectivity index (χ0n) is 13.0. The Morgan fingerprint density at radius 1 is 1.25 bits per heavy atom. The molecule has 2 N–H and O–H groups in total. The summed E-state index contributed by atoms with van der Waals surface area (Å²) >= 11 is 0. The summed E-state index contributed by atoms with van der Waals surface area (Å²) in [5.41, 5.74) is 2.17. The van der Waals surface area contributed by atoms with Crippen molar-refractivity contribution in [2.24, 2.45) is 4.99 Å². The number of hydrogen-bond acceptors (Lipinski definition) is 3. The number of nitrogens with zero attached hydrogens (tertiary/aromatic N) is 1. The SMILES string of the molecule is Cc1ccc(C2CC(=O)NC(NC(=O)c3cccc(F)c3)=N2)cc1. The Morgan fingerprint density at radius 2 is 2.00 bits per heavy atom. The van der Waals surface area contributed by atoms with Crippen molar-refractivity contribution >= 4 is 17.8 Å². The highest BCUT2D eigenvalue weighted by Crippen LogP contribution is 2.23. The maximum absolute atomic E-state index is 13.2. The molecule has 1 heterocycles. The van der Waals surface area contributed by atoms with Gasteiger partial charge in [-0.15, -0.1) is 0 Å². The van der Waals surface area contributed by atoms with Gasteiger partial charge in [0.15, 0.2) is 0 Å². The lowest BCUT2D eigenvalue weighted by atomic mass is 10.0. The van der Waals surface area contributed by atoms with Crippen LogP contribution >= 0.6 is 0 Å². The fourth-order valence-corrected chi connectivity index (χ4v) is 2.45. The van der Waals surface area contributed by atoms with Gasteiger partial charge in [-0.3, -0.25) is 20.2 Å². The van der Waals surface area contributed by atoms with Gasteiger partial charge in [0, 0.05) is 5.56 Å². The van der Waals surface area contributed by atoms with Crippen molar-refractivity contribution in [2.45, 2.75) is 19.4 Å². The number of amides is 2. The van der Waals surface area contributed by atoms with Crippen LogP contribution in [0.5, 0.6) is 0 Å². The molecule has 1 atom stereocenters. The van der Waals surface area contributed by atoms with Gasteiger partial charge in [0.2, 0.25) is 11.9 Å². The van der Waals surface area contributed by atoms with E-state index in [1.807, 2.05) is 31.2 Å². The molecular formula is C18H16FN3O2. The van der Waals surface area contributed by atoms with Crippen LogP contribution < -0.4 is 10.6 Å². The van der Waals surface area contributed by atoms with Crippen LogP contribution in [0.25, 0.3) is 0 Å². The van der Waals surface area contributed by atoms with Crippen LogP contribution in [0.4, 0.5) is 4.39 Å². The molecule has 0 fully saturated rings. The molecule has 2 aromatic carbocycles. The molecule has 0 bridgehead atoms. The van der Waals surface area contributed by atoms with E-state index < -0.39 is 11.7 Å². The van der Waals surface area contributed by atoms with Crippen LogP contribution in [-0.2, 0) is 4.79 Å². The van der Waals surface area contributed by atoms with Gasteiger partial charge in [0.25, 0.3) is 5.91 Å². The second kappa shape index (κ2) is 6.62. The topological polar surface area (TPSA) is 70.6 Å². The van der Waals surface area contributed by atoms with Gasteiger partial charge in [-0.25, -0.2) is 9.38 Å². The van der Waals surface area contributed by atoms with Gasteiger partial charge in [-0.2, -0.15) is 0 Å². The lowest BCUT2D eigenvalue weighted by Gasteiger charge is -2.21. The molecule has 0 aliphatic carbocycles. The van der Waals surface area contributed by atoms with Crippen LogP contribution in [0.3, 0.4) is 0 Å². The molecule has 1 aliphatic rings. The third kappa shape index (κ3) is 3.65. The van der Waals surface area contributed by atoms with Gasteiger partial charge in [0.05, 0.1) is 12.5 Å². The fraction of sp³-hybridized carbons (Fsp3) is 0.167. The predicted octanol–water partition coefficient (Wildman–Crippen LogP) is 2.48. The molecule has 0 radical (unpaired) electrons. The molecule has 5 nitrogen and oxygen atoms in total. The number of benzene rings is 2. The smallest absolute Gasteiger partial charge is 0.258 e. The summed E-state index contributed by atoms with van der Waals surface area (Å²) in [6.07, 6.45) is 0.211. The minimum Gasteiger partial charge on any atom is -0.296 e. The van der Waals surface area contributed by atoms with Crippen LogP contribution in [-0.4, -0.2) is 17.8 Å². The average molecular weight is 325 g/mol. The van der Waals surface area contributed by atoms with Crippen LogP contribution in [0.2, 0.25) is 0 Å². The van der Waals surface area contributed by atoms with E-state index in [9.17, 15) is 14.0 Å². The summed E-state index contributed by atoms with van der Waals surface area (Å²) in [7, 11) is 0. The van der Waals surface area contributed by atoms with E-state index in [0.29, 0.717) is 0 Å². The van der Waals surface area contributed by atoms with Crippen molar-refractivity contribution in [3.05, 3.63) is 71.0 Å². The third-order valence-electron chi connectivity index (χ3n) is 3.70. The number of carbonyl (C=O) groups is 2. The standard InChI is InChI=1S/C18H16FN3O2/c1-11-5-7-12(8-6-11)15-10-16(23)21-18(20-15)22-17(24)13-3-2-4-14(19)9-13/h2-9,15H,10H2,1H3,(H2,20,21,22,23,24). The van der Waals surface area contributed by atoms with Crippen LogP contribution in [0, 0.1) is 12.7 Å². The highest BCUT2D eigenvalue weighted by molar-refractivity contribution is 6.10. The minimum absolute atomic E-state index is 0.0751. The Hall–Kier alpha value is -3.02. The van der Waals surface area contributed by atoms with E-state index in [1.165, 1.54) is 18.2 Å². The number of aryl methyl sites for hydroxylation is 1. The lowest BCUT2D eigenvalue weighted by Crippen LogP contribution is -2.47. The quantitative estimate of drug-likeness (QED) is 0.890. The van der Waals surface area contributed by atoms with E-state index in [-0.39, 0.29) is 29.9 Å². The third-order valence-corrected chi connectivity index (χ3v) is 3.70. The first-order chi connectivity index (χ1) is 11.5. The van der Waals surface area contributed by atoms with E-state index in [1.54, 1.807) is 0 Å². The van der Waals surface area contributed by atoms with Crippen molar-refractivity contribution in [3.63, 3.8) is 0 Å². The molecule has 1 unspecified atom stereocenters. The number of halogens is 1. The van der Waals surface area contributed by atoms with Crippen molar-refractivity contribution in [1.29, 1.82) is 0 Å². The van der Waals surface area contributed by atoms with Gasteiger partial charge >= 0.3 is 0 Å². The van der Waals surface area contributed by atoms with Gasteiger partial charge in [-0.1, -0.05) is 35.9 Å². The maximum atomic E-state index is 13.2. The molecule has 122 valence electrons. The minimum atomic E-state index is -0.530. The van der Waals surface area contributed by atoms with Crippen molar-refractivity contribution < 1.29 is 14.0 Å². The van der Waals surface area contributed by atoms with Gasteiger partial charge in [0.1, 0.15) is 5.82 Å². The zero-order valence-corrected chi connectivity index (χ0v) is 13.0. The number of carbonyl (C=O) groups excluding carboxylic acids is 2. The van der Waals surface area contributed by atoms with E-state index in [2.05, 4.69) is 15.6 Å². The lowest BCUT2D eigenvalue weighted by molar-refractivity contribution is -0.120. The Bertz CT molecular complexity index is 815. The first-order valence-corrected chi connectivity index (χ1v) is 7.52. The zero-order chi connectivity index (χ0) is 17.1. The normalized spacial score (nSPS) is 17.0. The highest BCUT2D eigenvalue weighted by Gasteiger charge is 2.23. The van der Waals surface area contributed by atoms with Crippen LogP contribution in [0.1, 0.15) is 33.9 Å². The van der Waals surface area contributed by atoms with Gasteiger partial charge in [-0.05, 0) is 30.7 Å². The highest BCUT2D eigenvalue weighted by atomic mass is 19.1. The largest absolute Gasteiger partial charge is 0.296 e. The van der Waals surface area contributed by atoms with Crippen molar-refractivity contribution in [3.8, 4) is 0 Å². The molecule has 6 heteroatoms. The second-order valence-electron chi connectivity index (χ2n) is 5.62. The molecule has 0 aromatic heterocycles. The molecule has 3 rings (SSSR count). The molecule has 0 saturated carbocycles. The molecule has 24 heavy (non-hydrogen) atoms. The second-order valence-corrected chi connectivity index (χ2v) is 5.62. The van der Waals surface area contributed by atoms with Gasteiger partial charge < -0.3 is 0 Å². The molecule has 2 aromatic rings. The monoisotopic (exact) mass is 325 g/mol. The Labute approximate surface area is 138 Å². The van der Waals surface area contributed by atoms with Crippen molar-refractivity contribution in [2.75, 3.05) is 0 Å². The number of hydrogen-bond donors (Lipinski definition) is 2. The molecule has 0 spiro atoms. The number of guanidine groups is 1. The predicted molar refractivity (Wildman–Crippen MR) is 88.0 cm³/mol.